The lowest BCUT2D eigenvalue weighted by atomic mass is 10.2. The number of rotatable bonds is 4. The summed E-state index contributed by atoms with van der Waals surface area (Å²) in [5, 5.41) is 9.47. The first-order chi connectivity index (χ1) is 6.10. The number of hydrogen-bond donors (Lipinski definition) is 1. The summed E-state index contributed by atoms with van der Waals surface area (Å²) in [5.74, 6) is 0.819. The molecule has 2 nitrogen and oxygen atoms in total. The Labute approximate surface area is 86.9 Å². The van der Waals surface area contributed by atoms with Crippen LogP contribution < -0.4 is 0 Å². The monoisotopic (exact) mass is 222 g/mol. The van der Waals surface area contributed by atoms with E-state index < -0.39 is 10.8 Å². The Morgan fingerprint density at radius 3 is 2.69 bits per heavy atom. The van der Waals surface area contributed by atoms with Gasteiger partial charge in [0.25, 0.3) is 0 Å². The van der Waals surface area contributed by atoms with Crippen molar-refractivity contribution in [1.82, 2.24) is 0 Å². The zero-order chi connectivity index (χ0) is 9.90. The van der Waals surface area contributed by atoms with Crippen molar-refractivity contribution in [2.75, 3.05) is 12.4 Å². The van der Waals surface area contributed by atoms with E-state index in [0.29, 0.717) is 11.7 Å². The normalized spacial score (nSPS) is 34.3. The predicted molar refractivity (Wildman–Crippen MR) is 59.4 cm³/mol. The Balaban J connectivity index is 2.68. The van der Waals surface area contributed by atoms with Crippen LogP contribution in [-0.4, -0.2) is 31.0 Å². The molecule has 0 aromatic heterocycles. The molecule has 1 fully saturated rings. The number of aliphatic hydroxyl groups excluding tert-OH is 1. The van der Waals surface area contributed by atoms with E-state index in [1.807, 2.05) is 0 Å². The second-order valence-electron chi connectivity index (χ2n) is 3.70. The summed E-state index contributed by atoms with van der Waals surface area (Å²) in [5.41, 5.74) is 0. The minimum absolute atomic E-state index is 0.136. The van der Waals surface area contributed by atoms with Crippen molar-refractivity contribution in [3.8, 4) is 0 Å². The standard InChI is InChI=1S/C9H18O2S2/c1-8(2)12-9(5-6-10)4-3-7-13(9)11/h8,10H,3-7H2,1-2H3/t9-,13+/m0/s1. The van der Waals surface area contributed by atoms with E-state index in [4.69, 9.17) is 5.11 Å². The summed E-state index contributed by atoms with van der Waals surface area (Å²) in [6, 6.07) is 0. The average Bonchev–Trinajstić information content (AvgIpc) is 2.32. The molecular formula is C9H18O2S2. The van der Waals surface area contributed by atoms with Gasteiger partial charge in [0.05, 0.1) is 4.08 Å². The molecule has 0 spiro atoms. The summed E-state index contributed by atoms with van der Waals surface area (Å²) in [6.07, 6.45) is 2.73. The molecule has 2 atom stereocenters. The number of aliphatic hydroxyl groups is 1. The van der Waals surface area contributed by atoms with E-state index >= 15 is 0 Å². The molecule has 1 aliphatic rings. The second kappa shape index (κ2) is 4.80. The largest absolute Gasteiger partial charge is 0.396 e. The molecule has 1 aliphatic heterocycles. The summed E-state index contributed by atoms with van der Waals surface area (Å²) in [7, 11) is -0.737. The first-order valence-electron chi connectivity index (χ1n) is 4.78. The fraction of sp³-hybridized carbons (Fsp3) is 1.00. The zero-order valence-corrected chi connectivity index (χ0v) is 9.92. The smallest absolute Gasteiger partial charge is 0.0933 e. The van der Waals surface area contributed by atoms with E-state index in [1.54, 1.807) is 11.8 Å². The van der Waals surface area contributed by atoms with Crippen molar-refractivity contribution in [3.63, 3.8) is 0 Å². The van der Waals surface area contributed by atoms with Crippen LogP contribution in [-0.2, 0) is 10.8 Å². The van der Waals surface area contributed by atoms with Crippen LogP contribution in [0.25, 0.3) is 0 Å². The summed E-state index contributed by atoms with van der Waals surface area (Å²) < 4.78 is 11.7. The van der Waals surface area contributed by atoms with Crippen LogP contribution in [0.2, 0.25) is 0 Å². The average molecular weight is 222 g/mol. The Hall–Kier alpha value is 0.460. The maximum absolute atomic E-state index is 11.8. The first kappa shape index (κ1) is 11.5. The van der Waals surface area contributed by atoms with Gasteiger partial charge in [0.15, 0.2) is 0 Å². The van der Waals surface area contributed by atoms with Crippen molar-refractivity contribution in [2.24, 2.45) is 0 Å². The third kappa shape index (κ3) is 2.70. The van der Waals surface area contributed by atoms with Gasteiger partial charge in [0.1, 0.15) is 0 Å². The molecule has 0 aliphatic carbocycles. The van der Waals surface area contributed by atoms with Crippen LogP contribution >= 0.6 is 11.8 Å². The van der Waals surface area contributed by atoms with Crippen LogP contribution in [0.5, 0.6) is 0 Å². The topological polar surface area (TPSA) is 37.3 Å². The van der Waals surface area contributed by atoms with Gasteiger partial charge in [0.2, 0.25) is 0 Å². The molecule has 0 aromatic carbocycles. The summed E-state index contributed by atoms with van der Waals surface area (Å²) in [4.78, 5) is 0. The molecule has 0 unspecified atom stereocenters. The number of hydrogen-bond acceptors (Lipinski definition) is 3. The van der Waals surface area contributed by atoms with Crippen molar-refractivity contribution in [2.45, 2.75) is 42.4 Å². The van der Waals surface area contributed by atoms with Gasteiger partial charge in [-0.25, -0.2) is 0 Å². The lowest BCUT2D eigenvalue weighted by Gasteiger charge is -2.28. The van der Waals surface area contributed by atoms with E-state index in [1.165, 1.54) is 0 Å². The lowest BCUT2D eigenvalue weighted by molar-refractivity contribution is 0.281. The maximum atomic E-state index is 11.8. The molecule has 0 saturated carbocycles. The van der Waals surface area contributed by atoms with Gasteiger partial charge >= 0.3 is 0 Å². The third-order valence-electron chi connectivity index (χ3n) is 2.25. The molecule has 1 N–H and O–H groups in total. The molecule has 0 aromatic rings. The Kier molecular flexibility index (Phi) is 4.26. The third-order valence-corrected chi connectivity index (χ3v) is 6.30. The van der Waals surface area contributed by atoms with Gasteiger partial charge < -0.3 is 5.11 Å². The second-order valence-corrected chi connectivity index (χ2v) is 7.80. The van der Waals surface area contributed by atoms with E-state index in [0.717, 1.165) is 18.6 Å². The fourth-order valence-corrected chi connectivity index (χ4v) is 5.84. The summed E-state index contributed by atoms with van der Waals surface area (Å²) >= 11 is 1.78. The van der Waals surface area contributed by atoms with Crippen molar-refractivity contribution < 1.29 is 9.32 Å². The molecule has 0 bridgehead atoms. The van der Waals surface area contributed by atoms with Crippen LogP contribution in [0.1, 0.15) is 33.1 Å². The van der Waals surface area contributed by atoms with Crippen LogP contribution in [0.3, 0.4) is 0 Å². The van der Waals surface area contributed by atoms with Gasteiger partial charge in [-0.1, -0.05) is 13.8 Å². The highest BCUT2D eigenvalue weighted by molar-refractivity contribution is 8.13. The minimum Gasteiger partial charge on any atom is -0.396 e. The lowest BCUT2D eigenvalue weighted by Crippen LogP contribution is -2.29. The van der Waals surface area contributed by atoms with Gasteiger partial charge in [-0.15, -0.1) is 11.8 Å². The van der Waals surface area contributed by atoms with Crippen LogP contribution in [0.15, 0.2) is 0 Å². The quantitative estimate of drug-likeness (QED) is 0.787. The SMILES string of the molecule is CC(C)S[C@@]1(CCO)CCC[S@]1=O. The molecule has 1 rings (SSSR count). The zero-order valence-electron chi connectivity index (χ0n) is 8.28. The molecule has 1 saturated heterocycles. The molecule has 4 heteroatoms. The van der Waals surface area contributed by atoms with E-state index in [2.05, 4.69) is 13.8 Å². The first-order valence-corrected chi connectivity index (χ1v) is 6.98. The highest BCUT2D eigenvalue weighted by atomic mass is 32.2. The van der Waals surface area contributed by atoms with Crippen LogP contribution in [0.4, 0.5) is 0 Å². The van der Waals surface area contributed by atoms with Crippen molar-refractivity contribution in [3.05, 3.63) is 0 Å². The van der Waals surface area contributed by atoms with Gasteiger partial charge in [0, 0.05) is 28.4 Å². The number of thioether (sulfide) groups is 1. The molecule has 0 radical (unpaired) electrons. The Bertz CT molecular complexity index is 194. The fourth-order valence-electron chi connectivity index (χ4n) is 1.78. The molecule has 78 valence electrons. The highest BCUT2D eigenvalue weighted by Crippen LogP contribution is 2.44. The van der Waals surface area contributed by atoms with Crippen LogP contribution in [0, 0.1) is 0 Å². The van der Waals surface area contributed by atoms with Crippen molar-refractivity contribution >= 4 is 22.6 Å². The molecule has 1 heterocycles. The van der Waals surface area contributed by atoms with Gasteiger partial charge in [-0.2, -0.15) is 0 Å². The predicted octanol–water partition coefficient (Wildman–Crippen LogP) is 1.75. The molecule has 13 heavy (non-hydrogen) atoms. The minimum atomic E-state index is -0.737. The summed E-state index contributed by atoms with van der Waals surface area (Å²) in [6.45, 7) is 4.41. The Morgan fingerprint density at radius 2 is 2.31 bits per heavy atom. The molecular weight excluding hydrogens is 204 g/mol. The van der Waals surface area contributed by atoms with E-state index in [-0.39, 0.29) is 10.7 Å². The van der Waals surface area contributed by atoms with Crippen molar-refractivity contribution in [1.29, 1.82) is 0 Å². The van der Waals surface area contributed by atoms with E-state index in [9.17, 15) is 4.21 Å². The van der Waals surface area contributed by atoms with Gasteiger partial charge in [-0.3, -0.25) is 4.21 Å². The maximum Gasteiger partial charge on any atom is 0.0933 e. The Morgan fingerprint density at radius 1 is 1.62 bits per heavy atom. The molecule has 0 amide bonds. The van der Waals surface area contributed by atoms with Gasteiger partial charge in [-0.05, 0) is 19.3 Å². The highest BCUT2D eigenvalue weighted by Gasteiger charge is 2.41.